The Morgan fingerprint density at radius 2 is 2.18 bits per heavy atom. The number of carbonyl (C=O) groups is 1. The quantitative estimate of drug-likeness (QED) is 0.947. The summed E-state index contributed by atoms with van der Waals surface area (Å²) in [5, 5.41) is 2.85. The third-order valence-electron chi connectivity index (χ3n) is 3.64. The zero-order valence-electron chi connectivity index (χ0n) is 13.1. The first kappa shape index (κ1) is 14.5. The molecular formula is C17H20N2O3. The molecule has 1 aromatic carbocycles. The van der Waals surface area contributed by atoms with Crippen LogP contribution in [0, 0.1) is 0 Å². The predicted octanol–water partition coefficient (Wildman–Crippen LogP) is 2.82. The van der Waals surface area contributed by atoms with Gasteiger partial charge in [0.2, 0.25) is 0 Å². The van der Waals surface area contributed by atoms with Crippen LogP contribution in [0.4, 0.5) is 5.69 Å². The molecule has 0 unspecified atom stereocenters. The van der Waals surface area contributed by atoms with Crippen LogP contribution in [0.5, 0.6) is 5.75 Å². The minimum atomic E-state index is -0.231. The largest absolute Gasteiger partial charge is 0.484 e. The van der Waals surface area contributed by atoms with Gasteiger partial charge in [-0.3, -0.25) is 4.79 Å². The van der Waals surface area contributed by atoms with Crippen LogP contribution in [0.15, 0.2) is 41.0 Å². The molecule has 0 radical (unpaired) electrons. The summed E-state index contributed by atoms with van der Waals surface area (Å²) in [5.41, 5.74) is 1.32. The number of likely N-dealkylation sites (N-methyl/N-ethyl adjacent to an activating group) is 1. The number of carbonyl (C=O) groups excluding carboxylic acids is 1. The van der Waals surface area contributed by atoms with Crippen LogP contribution in [-0.4, -0.2) is 25.1 Å². The number of rotatable bonds is 3. The summed E-state index contributed by atoms with van der Waals surface area (Å²) in [6.45, 7) is 5.26. The Kier molecular flexibility index (Phi) is 3.56. The Hall–Kier alpha value is -2.43. The molecule has 2 heterocycles. The van der Waals surface area contributed by atoms with Crippen molar-refractivity contribution >= 4 is 11.6 Å². The first-order valence-corrected chi connectivity index (χ1v) is 7.29. The summed E-state index contributed by atoms with van der Waals surface area (Å²) in [6, 6.07) is 9.13. The number of anilines is 1. The lowest BCUT2D eigenvalue weighted by atomic mass is 10.0. The van der Waals surface area contributed by atoms with E-state index in [1.54, 1.807) is 18.4 Å². The van der Waals surface area contributed by atoms with Gasteiger partial charge in [0.15, 0.2) is 0 Å². The Morgan fingerprint density at radius 1 is 1.36 bits per heavy atom. The summed E-state index contributed by atoms with van der Waals surface area (Å²) >= 11 is 0. The van der Waals surface area contributed by atoms with Crippen molar-refractivity contribution in [3.63, 3.8) is 0 Å². The smallest absolute Gasteiger partial charge is 0.251 e. The van der Waals surface area contributed by atoms with Gasteiger partial charge in [0.1, 0.15) is 17.1 Å². The molecule has 1 aromatic heterocycles. The first-order valence-electron chi connectivity index (χ1n) is 7.29. The topological polar surface area (TPSA) is 54.7 Å². The zero-order valence-corrected chi connectivity index (χ0v) is 13.1. The monoisotopic (exact) mass is 300 g/mol. The number of furan rings is 1. The SMILES string of the molecule is CN1CC(C)(C)Oc2ccc(C(=O)NCc3ccco3)cc21. The van der Waals surface area contributed by atoms with Crippen molar-refractivity contribution in [1.29, 1.82) is 0 Å². The van der Waals surface area contributed by atoms with E-state index in [-0.39, 0.29) is 11.5 Å². The summed E-state index contributed by atoms with van der Waals surface area (Å²) in [6.07, 6.45) is 1.59. The Bertz CT molecular complexity index is 677. The molecule has 0 saturated heterocycles. The van der Waals surface area contributed by atoms with Crippen LogP contribution >= 0.6 is 0 Å². The minimum Gasteiger partial charge on any atom is -0.484 e. The van der Waals surface area contributed by atoms with Gasteiger partial charge in [0, 0.05) is 12.6 Å². The van der Waals surface area contributed by atoms with Crippen molar-refractivity contribution in [1.82, 2.24) is 5.32 Å². The normalized spacial score (nSPS) is 15.9. The van der Waals surface area contributed by atoms with Crippen molar-refractivity contribution in [3.8, 4) is 5.75 Å². The highest BCUT2D eigenvalue weighted by atomic mass is 16.5. The van der Waals surface area contributed by atoms with Crippen molar-refractivity contribution in [2.75, 3.05) is 18.5 Å². The maximum Gasteiger partial charge on any atom is 0.251 e. The third kappa shape index (κ3) is 2.93. The summed E-state index contributed by atoms with van der Waals surface area (Å²) in [4.78, 5) is 14.4. The van der Waals surface area contributed by atoms with Crippen LogP contribution < -0.4 is 15.0 Å². The molecule has 1 aliphatic rings. The maximum absolute atomic E-state index is 12.2. The summed E-state index contributed by atoms with van der Waals surface area (Å²) in [5.74, 6) is 1.41. The van der Waals surface area contributed by atoms with Crippen molar-refractivity contribution < 1.29 is 13.9 Å². The van der Waals surface area contributed by atoms with E-state index < -0.39 is 0 Å². The van der Waals surface area contributed by atoms with Crippen LogP contribution in [-0.2, 0) is 6.54 Å². The average molecular weight is 300 g/mol. The van der Waals surface area contributed by atoms with E-state index in [1.807, 2.05) is 25.2 Å². The zero-order chi connectivity index (χ0) is 15.7. The van der Waals surface area contributed by atoms with Gasteiger partial charge < -0.3 is 19.4 Å². The molecule has 1 N–H and O–H groups in total. The standard InChI is InChI=1S/C17H20N2O3/c1-17(2)11-19(3)14-9-12(6-7-15(14)22-17)16(20)18-10-13-5-4-8-21-13/h4-9H,10-11H2,1-3H3,(H,18,20). The highest BCUT2D eigenvalue weighted by Gasteiger charge is 2.30. The number of hydrogen-bond acceptors (Lipinski definition) is 4. The molecule has 1 amide bonds. The molecule has 0 atom stereocenters. The van der Waals surface area contributed by atoms with Crippen molar-refractivity contribution in [2.45, 2.75) is 26.0 Å². The number of amides is 1. The fourth-order valence-electron chi connectivity index (χ4n) is 2.71. The van der Waals surface area contributed by atoms with Gasteiger partial charge in [-0.2, -0.15) is 0 Å². The van der Waals surface area contributed by atoms with Crippen LogP contribution in [0.2, 0.25) is 0 Å². The number of ether oxygens (including phenoxy) is 1. The second kappa shape index (κ2) is 5.40. The third-order valence-corrected chi connectivity index (χ3v) is 3.64. The molecule has 0 saturated carbocycles. The van der Waals surface area contributed by atoms with E-state index in [4.69, 9.17) is 9.15 Å². The van der Waals surface area contributed by atoms with Crippen LogP contribution in [0.1, 0.15) is 30.0 Å². The predicted molar refractivity (Wildman–Crippen MR) is 84.3 cm³/mol. The van der Waals surface area contributed by atoms with Gasteiger partial charge in [0.25, 0.3) is 5.91 Å². The van der Waals surface area contributed by atoms with Crippen molar-refractivity contribution in [3.05, 3.63) is 47.9 Å². The number of nitrogens with zero attached hydrogens (tertiary/aromatic N) is 1. The molecule has 5 nitrogen and oxygen atoms in total. The lowest BCUT2D eigenvalue weighted by Gasteiger charge is -2.39. The first-order chi connectivity index (χ1) is 10.4. The van der Waals surface area contributed by atoms with Gasteiger partial charge in [0.05, 0.1) is 25.0 Å². The van der Waals surface area contributed by atoms with E-state index >= 15 is 0 Å². The Labute approximate surface area is 129 Å². The van der Waals surface area contributed by atoms with Gasteiger partial charge in [-0.05, 0) is 44.2 Å². The lowest BCUT2D eigenvalue weighted by Crippen LogP contribution is -2.45. The van der Waals surface area contributed by atoms with Crippen LogP contribution in [0.3, 0.4) is 0 Å². The highest BCUT2D eigenvalue weighted by molar-refractivity contribution is 5.95. The van der Waals surface area contributed by atoms with E-state index in [9.17, 15) is 4.79 Å². The van der Waals surface area contributed by atoms with Crippen LogP contribution in [0.25, 0.3) is 0 Å². The van der Waals surface area contributed by atoms with Gasteiger partial charge in [-0.25, -0.2) is 0 Å². The number of benzene rings is 1. The molecule has 0 bridgehead atoms. The summed E-state index contributed by atoms with van der Waals surface area (Å²) in [7, 11) is 2.01. The highest BCUT2D eigenvalue weighted by Crippen LogP contribution is 2.36. The second-order valence-corrected chi connectivity index (χ2v) is 6.16. The second-order valence-electron chi connectivity index (χ2n) is 6.16. The molecule has 1 aliphatic heterocycles. The lowest BCUT2D eigenvalue weighted by molar-refractivity contribution is 0.0947. The molecule has 0 fully saturated rings. The number of hydrogen-bond donors (Lipinski definition) is 1. The molecule has 0 spiro atoms. The molecule has 3 rings (SSSR count). The van der Waals surface area contributed by atoms with Gasteiger partial charge in [-0.1, -0.05) is 0 Å². The Morgan fingerprint density at radius 3 is 2.91 bits per heavy atom. The number of fused-ring (bicyclic) bond motifs is 1. The minimum absolute atomic E-state index is 0.127. The molecule has 22 heavy (non-hydrogen) atoms. The molecule has 2 aromatic rings. The molecule has 5 heteroatoms. The van der Waals surface area contributed by atoms with Gasteiger partial charge in [-0.15, -0.1) is 0 Å². The maximum atomic E-state index is 12.2. The number of nitrogens with one attached hydrogen (secondary N) is 1. The van der Waals surface area contributed by atoms with E-state index in [0.29, 0.717) is 12.1 Å². The van der Waals surface area contributed by atoms with E-state index in [1.165, 1.54) is 0 Å². The molecular weight excluding hydrogens is 280 g/mol. The van der Waals surface area contributed by atoms with E-state index in [0.717, 1.165) is 23.7 Å². The fourth-order valence-corrected chi connectivity index (χ4v) is 2.71. The molecule has 0 aliphatic carbocycles. The van der Waals surface area contributed by atoms with Gasteiger partial charge >= 0.3 is 0 Å². The fraction of sp³-hybridized carbons (Fsp3) is 0.353. The summed E-state index contributed by atoms with van der Waals surface area (Å²) < 4.78 is 11.2. The molecule has 116 valence electrons. The average Bonchev–Trinajstić information content (AvgIpc) is 2.96. The Balaban J connectivity index is 1.76. The van der Waals surface area contributed by atoms with Crippen molar-refractivity contribution in [2.24, 2.45) is 0 Å². The van der Waals surface area contributed by atoms with E-state index in [2.05, 4.69) is 24.1 Å².